The third-order valence-corrected chi connectivity index (χ3v) is 17.3. The molecule has 0 fully saturated rings. The van der Waals surface area contributed by atoms with Gasteiger partial charge < -0.3 is 12.8 Å². The predicted molar refractivity (Wildman–Crippen MR) is 282 cm³/mol. The van der Waals surface area contributed by atoms with Gasteiger partial charge in [0.05, 0.1) is 0 Å². The van der Waals surface area contributed by atoms with Gasteiger partial charge in [0.15, 0.2) is 0 Å². The molecule has 11 aromatic rings. The molecule has 0 aromatic heterocycles. The quantitative estimate of drug-likeness (QED) is 0.0512. The van der Waals surface area contributed by atoms with Crippen molar-refractivity contribution in [3.05, 3.63) is 279 Å². The standard InChI is InChI=1S/C30H24P2.2C16H9.Ag.Au/c1-5-15-25(16-6-1)31(26-17-7-2-8-18-26)29-23-13-14-24-30(29)32(27-19-9-3-10-20-27)28-21-11-4-12-22-28;2*1-2-12-7-10-16-14(11-12)9-8-13-5-3-4-6-15(13)16;;/h1-24H;2*3-11H;;/q;2*-1;2*+1/p+2. The second-order valence-corrected chi connectivity index (χ2v) is 20.3. The molecule has 0 atom stereocenters. The average molecular weight is 1160 g/mol. The van der Waals surface area contributed by atoms with Gasteiger partial charge in [-0.15, -0.1) is 35.4 Å². The smallest absolute Gasteiger partial charge is 0.366 e. The minimum atomic E-state index is -1.14. The Morgan fingerprint density at radius 1 is 0.273 bits per heavy atom. The first-order valence-electron chi connectivity index (χ1n) is 21.4. The fourth-order valence-corrected chi connectivity index (χ4v) is 14.5. The summed E-state index contributed by atoms with van der Waals surface area (Å²) in [6.45, 7) is 0. The van der Waals surface area contributed by atoms with Crippen molar-refractivity contribution in [1.82, 2.24) is 0 Å². The molecule has 0 saturated heterocycles. The molecule has 4 heteroatoms. The van der Waals surface area contributed by atoms with Gasteiger partial charge in [-0.2, -0.15) is 0 Å². The molecular formula is C62H44AgAuP2+2. The fraction of sp³-hybridized carbons (Fsp3) is 0. The summed E-state index contributed by atoms with van der Waals surface area (Å²) in [5.41, 5.74) is 1.64. The zero-order chi connectivity index (χ0) is 43.5. The van der Waals surface area contributed by atoms with Crippen molar-refractivity contribution in [3.63, 3.8) is 0 Å². The van der Waals surface area contributed by atoms with Gasteiger partial charge in [0, 0.05) is 0 Å². The van der Waals surface area contributed by atoms with Crippen molar-refractivity contribution >= 4 is 90.8 Å². The molecule has 0 spiro atoms. The first-order chi connectivity index (χ1) is 31.7. The summed E-state index contributed by atoms with van der Waals surface area (Å²) in [4.78, 5) is 0. The van der Waals surface area contributed by atoms with Crippen LogP contribution in [-0.2, 0) is 44.8 Å². The van der Waals surface area contributed by atoms with Crippen LogP contribution < -0.4 is 31.8 Å². The third kappa shape index (κ3) is 10.9. The van der Waals surface area contributed by atoms with E-state index in [0.29, 0.717) is 0 Å². The first kappa shape index (κ1) is 47.9. The fourth-order valence-electron chi connectivity index (χ4n) is 8.48. The molecule has 0 aliphatic rings. The van der Waals surface area contributed by atoms with Gasteiger partial charge in [0.2, 0.25) is 0 Å². The van der Waals surface area contributed by atoms with Gasteiger partial charge in [-0.3, -0.25) is 11.8 Å². The van der Waals surface area contributed by atoms with E-state index in [4.69, 9.17) is 12.8 Å². The summed E-state index contributed by atoms with van der Waals surface area (Å²) in [5.74, 6) is 4.83. The van der Waals surface area contributed by atoms with E-state index >= 15 is 0 Å². The number of fused-ring (bicyclic) bond motifs is 6. The molecule has 322 valence electrons. The minimum Gasteiger partial charge on any atom is -0.366 e. The average Bonchev–Trinajstić information content (AvgIpc) is 3.38. The Morgan fingerprint density at radius 2 is 0.545 bits per heavy atom. The Hall–Kier alpha value is -6.08. The van der Waals surface area contributed by atoms with Crippen LogP contribution in [0.5, 0.6) is 0 Å². The maximum absolute atomic E-state index is 7.13. The van der Waals surface area contributed by atoms with Gasteiger partial charge in [0.1, 0.15) is 47.7 Å². The maximum Gasteiger partial charge on any atom is 1.00 e. The summed E-state index contributed by atoms with van der Waals surface area (Å²) in [6, 6.07) is 90.5. The molecule has 0 aliphatic heterocycles. The van der Waals surface area contributed by atoms with Crippen LogP contribution in [0, 0.1) is 24.7 Å². The van der Waals surface area contributed by atoms with Crippen LogP contribution >= 0.6 is 15.8 Å². The SMILES string of the molecule is [Ag+].[Au+].[C-]#Cc1ccc2c(ccc3ccccc32)c1.[C-]#Cc1ccc2c(ccc3ccccc32)c1.c1ccc([PH+](c2ccccc2)c2ccccc2[PH+](c2ccccc2)c2ccccc2)cc1. The summed E-state index contributed by atoms with van der Waals surface area (Å²) in [5, 5.41) is 18.5. The zero-order valence-corrected chi connectivity index (χ0v) is 41.5. The largest absolute Gasteiger partial charge is 1.00 e. The van der Waals surface area contributed by atoms with E-state index in [1.54, 1.807) is 0 Å². The van der Waals surface area contributed by atoms with Gasteiger partial charge in [-0.05, 0) is 104 Å². The summed E-state index contributed by atoms with van der Waals surface area (Å²) >= 11 is 0. The number of hydrogen-bond acceptors (Lipinski definition) is 0. The molecule has 66 heavy (non-hydrogen) atoms. The minimum absolute atomic E-state index is 0. The molecule has 0 nitrogen and oxygen atoms in total. The van der Waals surface area contributed by atoms with Crippen LogP contribution in [0.3, 0.4) is 0 Å². The third-order valence-electron chi connectivity index (χ3n) is 11.5. The van der Waals surface area contributed by atoms with E-state index in [1.165, 1.54) is 64.1 Å². The molecule has 0 aliphatic carbocycles. The van der Waals surface area contributed by atoms with Gasteiger partial charge in [-0.1, -0.05) is 170 Å². The summed E-state index contributed by atoms with van der Waals surface area (Å²) in [6.07, 6.45) is 14.3. The monoisotopic (exact) mass is 1150 g/mol. The predicted octanol–water partition coefficient (Wildman–Crippen LogP) is 12.5. The van der Waals surface area contributed by atoms with Gasteiger partial charge in [-0.25, -0.2) is 0 Å². The van der Waals surface area contributed by atoms with Crippen molar-refractivity contribution in [3.8, 4) is 11.8 Å². The van der Waals surface area contributed by atoms with Crippen LogP contribution in [-0.4, -0.2) is 0 Å². The molecule has 0 N–H and O–H groups in total. The van der Waals surface area contributed by atoms with Crippen molar-refractivity contribution in [2.24, 2.45) is 0 Å². The van der Waals surface area contributed by atoms with Crippen LogP contribution in [0.2, 0.25) is 0 Å². The summed E-state index contributed by atoms with van der Waals surface area (Å²) < 4.78 is 0. The number of benzene rings is 11. The van der Waals surface area contributed by atoms with E-state index in [-0.39, 0.29) is 44.8 Å². The van der Waals surface area contributed by atoms with Crippen molar-refractivity contribution in [1.29, 1.82) is 0 Å². The number of hydrogen-bond donors (Lipinski definition) is 0. The van der Waals surface area contributed by atoms with Gasteiger partial charge in [0.25, 0.3) is 0 Å². The molecule has 11 aromatic carbocycles. The normalized spacial score (nSPS) is 10.4. The van der Waals surface area contributed by atoms with Crippen molar-refractivity contribution in [2.45, 2.75) is 0 Å². The maximum atomic E-state index is 7.13. The molecule has 0 unspecified atom stereocenters. The molecule has 0 heterocycles. The van der Waals surface area contributed by atoms with Gasteiger partial charge >= 0.3 is 44.8 Å². The van der Waals surface area contributed by atoms with E-state index in [1.807, 2.05) is 36.4 Å². The molecule has 11 rings (SSSR count). The molecule has 0 radical (unpaired) electrons. The Balaban J connectivity index is 0.000000160. The van der Waals surface area contributed by atoms with E-state index in [9.17, 15) is 0 Å². The van der Waals surface area contributed by atoms with Crippen molar-refractivity contribution < 1.29 is 44.8 Å². The Morgan fingerprint density at radius 3 is 0.879 bits per heavy atom. The second kappa shape index (κ2) is 23.4. The van der Waals surface area contributed by atoms with Crippen LogP contribution in [0.15, 0.2) is 255 Å². The molecule has 0 amide bonds. The topological polar surface area (TPSA) is 0 Å². The molecule has 0 bridgehead atoms. The summed E-state index contributed by atoms with van der Waals surface area (Å²) in [7, 11) is -2.28. The zero-order valence-electron chi connectivity index (χ0n) is 35.9. The molecular weight excluding hydrogens is 1110 g/mol. The Labute approximate surface area is 422 Å². The van der Waals surface area contributed by atoms with E-state index in [0.717, 1.165) is 21.9 Å². The Bertz CT molecular complexity index is 3110. The van der Waals surface area contributed by atoms with Crippen molar-refractivity contribution in [2.75, 3.05) is 0 Å². The van der Waals surface area contributed by atoms with Crippen LogP contribution in [0.1, 0.15) is 11.1 Å². The second-order valence-electron chi connectivity index (χ2n) is 15.5. The number of rotatable bonds is 6. The van der Waals surface area contributed by atoms with E-state index < -0.39 is 15.8 Å². The van der Waals surface area contributed by atoms with E-state index in [2.05, 4.69) is 230 Å². The van der Waals surface area contributed by atoms with Crippen LogP contribution in [0.25, 0.3) is 43.1 Å². The first-order valence-corrected chi connectivity index (χ1v) is 24.4. The Kier molecular flexibility index (Phi) is 17.0. The molecule has 0 saturated carbocycles. The van der Waals surface area contributed by atoms with Crippen LogP contribution in [0.4, 0.5) is 0 Å².